The van der Waals surface area contributed by atoms with Crippen LogP contribution in [0, 0.1) is 6.92 Å². The van der Waals surface area contributed by atoms with E-state index in [2.05, 4.69) is 26.2 Å². The van der Waals surface area contributed by atoms with Crippen molar-refractivity contribution in [1.29, 1.82) is 0 Å². The molecule has 1 aromatic heterocycles. The van der Waals surface area contributed by atoms with Crippen molar-refractivity contribution in [3.8, 4) is 0 Å². The fraction of sp³-hybridized carbons (Fsp3) is 0.333. The van der Waals surface area contributed by atoms with Crippen LogP contribution in [0.25, 0.3) is 0 Å². The molecule has 0 saturated heterocycles. The fourth-order valence-corrected chi connectivity index (χ4v) is 4.29. The number of nitrogens with zero attached hydrogens (tertiary/aromatic N) is 2. The number of ether oxygens (including phenoxy) is 1. The van der Waals surface area contributed by atoms with Crippen molar-refractivity contribution in [3.05, 3.63) is 39.8 Å². The molecule has 0 unspecified atom stereocenters. The van der Waals surface area contributed by atoms with Crippen LogP contribution in [-0.4, -0.2) is 50.4 Å². The second-order valence-electron chi connectivity index (χ2n) is 5.11. The van der Waals surface area contributed by atoms with Gasteiger partial charge in [-0.25, -0.2) is 13.4 Å². The monoisotopic (exact) mass is 447 g/mol. The zero-order chi connectivity index (χ0) is 18.4. The number of methoxy groups -OCH3 is 1. The molecule has 0 saturated carbocycles. The van der Waals surface area contributed by atoms with Crippen LogP contribution in [0.1, 0.15) is 4.88 Å². The first kappa shape index (κ1) is 20.0. The lowest BCUT2D eigenvalue weighted by Gasteiger charge is -2.21. The van der Waals surface area contributed by atoms with E-state index in [0.717, 1.165) is 13.7 Å². The molecule has 25 heavy (non-hydrogen) atoms. The molecule has 136 valence electrons. The van der Waals surface area contributed by atoms with Gasteiger partial charge in [-0.2, -0.15) is 4.31 Å². The van der Waals surface area contributed by atoms with Gasteiger partial charge in [0.1, 0.15) is 0 Å². The molecule has 10 heteroatoms. The summed E-state index contributed by atoms with van der Waals surface area (Å²) in [7, 11) is -2.34. The Morgan fingerprint density at radius 1 is 1.36 bits per heavy atom. The molecule has 0 aliphatic rings. The Bertz CT molecular complexity index is 822. The van der Waals surface area contributed by atoms with Crippen LogP contribution in [0.15, 0.2) is 39.8 Å². The molecule has 1 heterocycles. The molecule has 1 N–H and O–H groups in total. The van der Waals surface area contributed by atoms with Crippen LogP contribution in [0.2, 0.25) is 0 Å². The standard InChI is InChI=1S/C15H18BrN3O4S2/c1-11-9-17-15(24-11)18-14(20)10-19(7-8-23-2)25(21,22)13-5-3-12(16)4-6-13/h3-6,9H,7-8,10H2,1-2H3,(H,17,18,20). The largest absolute Gasteiger partial charge is 0.383 e. The van der Waals surface area contributed by atoms with Crippen molar-refractivity contribution in [1.82, 2.24) is 9.29 Å². The third-order valence-corrected chi connectivity index (χ3v) is 6.40. The SMILES string of the molecule is COCCN(CC(=O)Nc1ncc(C)s1)S(=O)(=O)c1ccc(Br)cc1. The number of halogens is 1. The summed E-state index contributed by atoms with van der Waals surface area (Å²) in [5.74, 6) is -0.453. The fourth-order valence-electron chi connectivity index (χ4n) is 1.96. The Kier molecular flexibility index (Phi) is 7.08. The minimum Gasteiger partial charge on any atom is -0.383 e. The van der Waals surface area contributed by atoms with Crippen molar-refractivity contribution in [2.75, 3.05) is 32.1 Å². The maximum atomic E-state index is 12.8. The highest BCUT2D eigenvalue weighted by molar-refractivity contribution is 9.10. The van der Waals surface area contributed by atoms with Gasteiger partial charge in [0.05, 0.1) is 18.0 Å². The predicted octanol–water partition coefficient (Wildman–Crippen LogP) is 2.49. The first-order chi connectivity index (χ1) is 11.8. The third kappa shape index (κ3) is 5.58. The maximum Gasteiger partial charge on any atom is 0.243 e. The summed E-state index contributed by atoms with van der Waals surface area (Å²) < 4.78 is 32.4. The minimum absolute atomic E-state index is 0.0687. The van der Waals surface area contributed by atoms with Gasteiger partial charge in [-0.15, -0.1) is 11.3 Å². The van der Waals surface area contributed by atoms with Gasteiger partial charge in [-0.1, -0.05) is 15.9 Å². The molecule has 7 nitrogen and oxygen atoms in total. The lowest BCUT2D eigenvalue weighted by molar-refractivity contribution is -0.116. The molecule has 0 atom stereocenters. The number of anilines is 1. The van der Waals surface area contributed by atoms with Crippen molar-refractivity contribution >= 4 is 48.3 Å². The average molecular weight is 448 g/mol. The smallest absolute Gasteiger partial charge is 0.243 e. The van der Waals surface area contributed by atoms with Gasteiger partial charge in [0.25, 0.3) is 0 Å². The number of rotatable bonds is 8. The second kappa shape index (κ2) is 8.86. The molecule has 0 bridgehead atoms. The summed E-state index contributed by atoms with van der Waals surface area (Å²) >= 11 is 4.60. The Balaban J connectivity index is 2.16. The quantitative estimate of drug-likeness (QED) is 0.671. The molecular formula is C15H18BrN3O4S2. The summed E-state index contributed by atoms with van der Waals surface area (Å²) in [6.45, 7) is 1.80. The molecule has 1 amide bonds. The predicted molar refractivity (Wildman–Crippen MR) is 100 cm³/mol. The van der Waals surface area contributed by atoms with Crippen molar-refractivity contribution < 1.29 is 17.9 Å². The first-order valence-electron chi connectivity index (χ1n) is 7.30. The third-order valence-electron chi connectivity index (χ3n) is 3.18. The Morgan fingerprint density at radius 3 is 2.60 bits per heavy atom. The normalized spacial score (nSPS) is 11.7. The summed E-state index contributed by atoms with van der Waals surface area (Å²) in [5.41, 5.74) is 0. The van der Waals surface area contributed by atoms with Crippen molar-refractivity contribution in [3.63, 3.8) is 0 Å². The second-order valence-corrected chi connectivity index (χ2v) is 9.20. The van der Waals surface area contributed by atoms with Gasteiger partial charge in [0.15, 0.2) is 5.13 Å². The van der Waals surface area contributed by atoms with Gasteiger partial charge in [0, 0.05) is 29.2 Å². The zero-order valence-corrected chi connectivity index (χ0v) is 16.9. The Hall–Kier alpha value is -1.33. The van der Waals surface area contributed by atoms with Crippen molar-refractivity contribution in [2.24, 2.45) is 0 Å². The van der Waals surface area contributed by atoms with Gasteiger partial charge in [-0.05, 0) is 31.2 Å². The van der Waals surface area contributed by atoms with Crippen LogP contribution in [-0.2, 0) is 19.6 Å². The van der Waals surface area contributed by atoms with Crippen molar-refractivity contribution in [2.45, 2.75) is 11.8 Å². The number of aryl methyl sites for hydroxylation is 1. The number of aromatic nitrogens is 1. The number of thiazole rings is 1. The average Bonchev–Trinajstić information content (AvgIpc) is 2.96. The molecule has 0 radical (unpaired) electrons. The highest BCUT2D eigenvalue weighted by Crippen LogP contribution is 2.20. The van der Waals surface area contributed by atoms with Crippen LogP contribution < -0.4 is 5.32 Å². The topological polar surface area (TPSA) is 88.6 Å². The summed E-state index contributed by atoms with van der Waals surface area (Å²) in [6.07, 6.45) is 1.64. The van der Waals surface area contributed by atoms with E-state index in [9.17, 15) is 13.2 Å². The number of sulfonamides is 1. The summed E-state index contributed by atoms with van der Waals surface area (Å²) in [4.78, 5) is 17.3. The van der Waals surface area contributed by atoms with Crippen LogP contribution in [0.3, 0.4) is 0 Å². The highest BCUT2D eigenvalue weighted by Gasteiger charge is 2.26. The Labute approximate surface area is 159 Å². The number of hydrogen-bond acceptors (Lipinski definition) is 6. The number of carbonyl (C=O) groups is 1. The van der Waals surface area contributed by atoms with Crippen LogP contribution in [0.5, 0.6) is 0 Å². The number of amides is 1. The van der Waals surface area contributed by atoms with E-state index in [1.54, 1.807) is 18.3 Å². The van der Waals surface area contributed by atoms with E-state index in [-0.39, 0.29) is 24.6 Å². The molecule has 2 aromatic rings. The molecular weight excluding hydrogens is 430 g/mol. The van der Waals surface area contributed by atoms with Crippen LogP contribution in [0.4, 0.5) is 5.13 Å². The van der Waals surface area contributed by atoms with E-state index in [0.29, 0.717) is 5.13 Å². The molecule has 0 aliphatic carbocycles. The lowest BCUT2D eigenvalue weighted by Crippen LogP contribution is -2.39. The summed E-state index contributed by atoms with van der Waals surface area (Å²) in [6, 6.07) is 6.25. The van der Waals surface area contributed by atoms with Gasteiger partial charge in [0.2, 0.25) is 15.9 Å². The Morgan fingerprint density at radius 2 is 2.04 bits per heavy atom. The van der Waals surface area contributed by atoms with Gasteiger partial charge in [-0.3, -0.25) is 4.79 Å². The zero-order valence-electron chi connectivity index (χ0n) is 13.7. The highest BCUT2D eigenvalue weighted by atomic mass is 79.9. The van der Waals surface area contributed by atoms with E-state index in [4.69, 9.17) is 4.74 Å². The number of hydrogen-bond donors (Lipinski definition) is 1. The number of nitrogens with one attached hydrogen (secondary N) is 1. The lowest BCUT2D eigenvalue weighted by atomic mass is 10.4. The van der Waals surface area contributed by atoms with E-state index >= 15 is 0 Å². The molecule has 2 rings (SSSR count). The first-order valence-corrected chi connectivity index (χ1v) is 10.3. The molecule has 0 aliphatic heterocycles. The van der Waals surface area contributed by atoms with E-state index in [1.165, 1.54) is 30.6 Å². The number of carbonyl (C=O) groups excluding carboxylic acids is 1. The molecule has 0 fully saturated rings. The molecule has 0 spiro atoms. The van der Waals surface area contributed by atoms with E-state index in [1.807, 2.05) is 6.92 Å². The molecule has 1 aromatic carbocycles. The van der Waals surface area contributed by atoms with Gasteiger partial charge < -0.3 is 10.1 Å². The minimum atomic E-state index is -3.82. The van der Waals surface area contributed by atoms with Crippen LogP contribution >= 0.6 is 27.3 Å². The summed E-state index contributed by atoms with van der Waals surface area (Å²) in [5, 5.41) is 3.06. The van der Waals surface area contributed by atoms with Gasteiger partial charge >= 0.3 is 0 Å². The van der Waals surface area contributed by atoms with E-state index < -0.39 is 15.9 Å². The maximum absolute atomic E-state index is 12.8. The number of benzene rings is 1.